The van der Waals surface area contributed by atoms with Crippen LogP contribution in [0.2, 0.25) is 5.15 Å². The van der Waals surface area contributed by atoms with E-state index in [0.717, 1.165) is 6.42 Å². The van der Waals surface area contributed by atoms with Gasteiger partial charge in [-0.3, -0.25) is 4.79 Å². The van der Waals surface area contributed by atoms with E-state index in [1.807, 2.05) is 0 Å². The highest BCUT2D eigenvalue weighted by atomic mass is 35.5. The van der Waals surface area contributed by atoms with Gasteiger partial charge in [-0.2, -0.15) is 4.98 Å². The molecule has 1 amide bonds. The minimum absolute atomic E-state index is 0.0119. The van der Waals surface area contributed by atoms with Crippen LogP contribution in [0.4, 0.5) is 0 Å². The summed E-state index contributed by atoms with van der Waals surface area (Å²) < 4.78 is 10.8. The van der Waals surface area contributed by atoms with Crippen molar-refractivity contribution in [3.05, 3.63) is 35.2 Å². The summed E-state index contributed by atoms with van der Waals surface area (Å²) in [7, 11) is 1.80. The van der Waals surface area contributed by atoms with Crippen LogP contribution in [0.1, 0.15) is 30.5 Å². The molecule has 3 heterocycles. The predicted molar refractivity (Wildman–Crippen MR) is 77.5 cm³/mol. The van der Waals surface area contributed by atoms with Crippen molar-refractivity contribution in [2.75, 3.05) is 13.6 Å². The molecule has 0 aliphatic carbocycles. The molecule has 1 atom stereocenters. The van der Waals surface area contributed by atoms with Gasteiger partial charge in [-0.05, 0) is 18.6 Å². The van der Waals surface area contributed by atoms with Crippen molar-refractivity contribution in [3.63, 3.8) is 0 Å². The van der Waals surface area contributed by atoms with Gasteiger partial charge in [0.15, 0.2) is 6.61 Å². The third-order valence-corrected chi connectivity index (χ3v) is 3.78. The number of ether oxygens (including phenoxy) is 1. The van der Waals surface area contributed by atoms with E-state index in [-0.39, 0.29) is 18.4 Å². The van der Waals surface area contributed by atoms with Crippen LogP contribution in [0, 0.1) is 0 Å². The minimum Gasteiger partial charge on any atom is -0.484 e. The topological polar surface area (TPSA) is 81.3 Å². The lowest BCUT2D eigenvalue weighted by atomic mass is 9.96. The highest BCUT2D eigenvalue weighted by Gasteiger charge is 2.28. The average Bonchev–Trinajstić information content (AvgIpc) is 2.98. The summed E-state index contributed by atoms with van der Waals surface area (Å²) in [4.78, 5) is 21.7. The second kappa shape index (κ2) is 6.31. The van der Waals surface area contributed by atoms with Crippen LogP contribution in [0.3, 0.4) is 0 Å². The molecule has 3 rings (SSSR count). The molecule has 1 fully saturated rings. The van der Waals surface area contributed by atoms with Gasteiger partial charge in [0.2, 0.25) is 17.6 Å². The molecule has 0 saturated carbocycles. The predicted octanol–water partition coefficient (Wildman–Crippen LogP) is 2.03. The van der Waals surface area contributed by atoms with Crippen molar-refractivity contribution in [2.45, 2.75) is 25.4 Å². The van der Waals surface area contributed by atoms with Crippen molar-refractivity contribution >= 4 is 17.5 Å². The number of aromatic nitrogens is 3. The molecule has 22 heavy (non-hydrogen) atoms. The van der Waals surface area contributed by atoms with E-state index >= 15 is 0 Å². The Morgan fingerprint density at radius 1 is 1.50 bits per heavy atom. The molecule has 0 radical (unpaired) electrons. The summed E-state index contributed by atoms with van der Waals surface area (Å²) in [5.41, 5.74) is 0. The lowest BCUT2D eigenvalue weighted by Crippen LogP contribution is -2.34. The lowest BCUT2D eigenvalue weighted by molar-refractivity contribution is -0.132. The molecular formula is C14H15ClN4O3. The second-order valence-corrected chi connectivity index (χ2v) is 5.55. The first-order valence-corrected chi connectivity index (χ1v) is 7.30. The Bertz CT molecular complexity index is 658. The Hall–Kier alpha value is -2.15. The van der Waals surface area contributed by atoms with Crippen LogP contribution in [0.15, 0.2) is 22.9 Å². The highest BCUT2D eigenvalue weighted by molar-refractivity contribution is 6.29. The molecule has 0 N–H and O–H groups in total. The number of nitrogens with zero attached hydrogens (tertiary/aromatic N) is 4. The molecule has 7 nitrogen and oxygen atoms in total. The molecule has 116 valence electrons. The van der Waals surface area contributed by atoms with E-state index < -0.39 is 0 Å². The SMILES string of the molecule is CN1CCC(c2nc(COc3ccc(Cl)nc3)no2)CC1=O. The maximum Gasteiger partial charge on any atom is 0.230 e. The Labute approximate surface area is 132 Å². The quantitative estimate of drug-likeness (QED) is 0.801. The van der Waals surface area contributed by atoms with Crippen molar-refractivity contribution in [2.24, 2.45) is 0 Å². The maximum atomic E-state index is 11.7. The largest absolute Gasteiger partial charge is 0.484 e. The zero-order valence-electron chi connectivity index (χ0n) is 12.0. The number of carbonyl (C=O) groups excluding carboxylic acids is 1. The molecule has 8 heteroatoms. The molecule has 2 aromatic rings. The van der Waals surface area contributed by atoms with E-state index in [1.165, 1.54) is 6.20 Å². The molecule has 2 aromatic heterocycles. The monoisotopic (exact) mass is 322 g/mol. The van der Waals surface area contributed by atoms with E-state index in [2.05, 4.69) is 15.1 Å². The fraction of sp³-hybridized carbons (Fsp3) is 0.429. The van der Waals surface area contributed by atoms with E-state index in [4.69, 9.17) is 20.9 Å². The fourth-order valence-electron chi connectivity index (χ4n) is 2.24. The molecule has 0 aromatic carbocycles. The van der Waals surface area contributed by atoms with Crippen LogP contribution < -0.4 is 4.74 Å². The molecule has 1 aliphatic rings. The second-order valence-electron chi connectivity index (χ2n) is 5.16. The van der Waals surface area contributed by atoms with Gasteiger partial charge in [0.05, 0.1) is 6.20 Å². The number of amides is 1. The van der Waals surface area contributed by atoms with Crippen molar-refractivity contribution in [1.82, 2.24) is 20.0 Å². The van der Waals surface area contributed by atoms with Gasteiger partial charge in [-0.25, -0.2) is 4.98 Å². The first-order valence-electron chi connectivity index (χ1n) is 6.92. The number of halogens is 1. The number of rotatable bonds is 4. The summed E-state index contributed by atoms with van der Waals surface area (Å²) in [6.45, 7) is 0.877. The fourth-order valence-corrected chi connectivity index (χ4v) is 2.35. The molecule has 1 saturated heterocycles. The van der Waals surface area contributed by atoms with Crippen molar-refractivity contribution in [3.8, 4) is 5.75 Å². The molecule has 1 unspecified atom stereocenters. The normalized spacial score (nSPS) is 18.5. The first kappa shape index (κ1) is 14.8. The van der Waals surface area contributed by atoms with E-state index in [0.29, 0.717) is 35.6 Å². The number of pyridine rings is 1. The summed E-state index contributed by atoms with van der Waals surface area (Å²) in [6, 6.07) is 3.36. The zero-order chi connectivity index (χ0) is 15.5. The van der Waals surface area contributed by atoms with Gasteiger partial charge in [0, 0.05) is 25.9 Å². The summed E-state index contributed by atoms with van der Waals surface area (Å²) in [5.74, 6) is 1.59. The lowest BCUT2D eigenvalue weighted by Gasteiger charge is -2.26. The standard InChI is InChI=1S/C14H15ClN4O3/c1-19-5-4-9(6-13(19)20)14-17-12(18-22-14)8-21-10-2-3-11(15)16-7-10/h2-3,7,9H,4-6,8H2,1H3. The Kier molecular flexibility index (Phi) is 4.24. The first-order chi connectivity index (χ1) is 10.6. The van der Waals surface area contributed by atoms with Gasteiger partial charge in [0.1, 0.15) is 10.9 Å². The number of carbonyl (C=O) groups is 1. The molecule has 0 spiro atoms. The number of hydrogen-bond donors (Lipinski definition) is 0. The molecule has 1 aliphatic heterocycles. The highest BCUT2D eigenvalue weighted by Crippen LogP contribution is 2.27. The van der Waals surface area contributed by atoms with E-state index in [9.17, 15) is 4.79 Å². The minimum atomic E-state index is -0.0119. The van der Waals surface area contributed by atoms with Gasteiger partial charge in [0.25, 0.3) is 0 Å². The zero-order valence-corrected chi connectivity index (χ0v) is 12.8. The third-order valence-electron chi connectivity index (χ3n) is 3.56. The van der Waals surface area contributed by atoms with Gasteiger partial charge >= 0.3 is 0 Å². The smallest absolute Gasteiger partial charge is 0.230 e. The van der Waals surface area contributed by atoms with Crippen LogP contribution in [-0.2, 0) is 11.4 Å². The maximum absolute atomic E-state index is 11.7. The molecule has 0 bridgehead atoms. The third kappa shape index (κ3) is 3.36. The van der Waals surface area contributed by atoms with Crippen LogP contribution in [-0.4, -0.2) is 39.5 Å². The average molecular weight is 323 g/mol. The van der Waals surface area contributed by atoms with Crippen molar-refractivity contribution < 1.29 is 14.1 Å². The van der Waals surface area contributed by atoms with Crippen LogP contribution >= 0.6 is 11.6 Å². The van der Waals surface area contributed by atoms with Gasteiger partial charge < -0.3 is 14.2 Å². The summed E-state index contributed by atoms with van der Waals surface area (Å²) >= 11 is 5.70. The summed E-state index contributed by atoms with van der Waals surface area (Å²) in [5, 5.41) is 4.29. The van der Waals surface area contributed by atoms with Gasteiger partial charge in [-0.15, -0.1) is 0 Å². The Balaban J connectivity index is 1.59. The van der Waals surface area contributed by atoms with Crippen molar-refractivity contribution in [1.29, 1.82) is 0 Å². The Morgan fingerprint density at radius 2 is 2.36 bits per heavy atom. The summed E-state index contributed by atoms with van der Waals surface area (Å²) in [6.07, 6.45) is 2.75. The molecular weight excluding hydrogens is 308 g/mol. The Morgan fingerprint density at radius 3 is 3.09 bits per heavy atom. The van der Waals surface area contributed by atoms with Crippen LogP contribution in [0.25, 0.3) is 0 Å². The van der Waals surface area contributed by atoms with Crippen LogP contribution in [0.5, 0.6) is 5.75 Å². The number of likely N-dealkylation sites (tertiary alicyclic amines) is 1. The van der Waals surface area contributed by atoms with E-state index in [1.54, 1.807) is 24.1 Å². The number of piperidine rings is 1. The number of hydrogen-bond acceptors (Lipinski definition) is 6. The van der Waals surface area contributed by atoms with Gasteiger partial charge in [-0.1, -0.05) is 16.8 Å².